The summed E-state index contributed by atoms with van der Waals surface area (Å²) in [4.78, 5) is 0. The fourth-order valence-corrected chi connectivity index (χ4v) is 3.06. The maximum Gasteiger partial charge on any atom is 0.166 e. The zero-order chi connectivity index (χ0) is 12.0. The van der Waals surface area contributed by atoms with Crippen LogP contribution in [0.5, 0.6) is 11.5 Å². The van der Waals surface area contributed by atoms with Crippen LogP contribution in [0.2, 0.25) is 0 Å². The van der Waals surface area contributed by atoms with Crippen LogP contribution < -0.4 is 15.2 Å². The summed E-state index contributed by atoms with van der Waals surface area (Å²) in [5, 5.41) is 0. The fourth-order valence-electron chi connectivity index (χ4n) is 2.65. The minimum Gasteiger partial charge on any atom is -0.486 e. The van der Waals surface area contributed by atoms with E-state index in [1.807, 2.05) is 6.07 Å². The van der Waals surface area contributed by atoms with Gasteiger partial charge < -0.3 is 15.2 Å². The molecule has 0 atom stereocenters. The van der Waals surface area contributed by atoms with Crippen molar-refractivity contribution in [2.24, 2.45) is 5.73 Å². The normalized spacial score (nSPS) is 20.9. The van der Waals surface area contributed by atoms with Crippen molar-refractivity contribution >= 4 is 15.9 Å². The number of benzene rings is 1. The van der Waals surface area contributed by atoms with Crippen LogP contribution in [0.3, 0.4) is 0 Å². The minimum atomic E-state index is -0.224. The van der Waals surface area contributed by atoms with Crippen molar-refractivity contribution in [2.75, 3.05) is 13.2 Å². The Hall–Kier alpha value is -0.740. The van der Waals surface area contributed by atoms with Gasteiger partial charge in [-0.15, -0.1) is 0 Å². The summed E-state index contributed by atoms with van der Waals surface area (Å²) in [5.74, 6) is 1.68. The third-order valence-electron chi connectivity index (χ3n) is 3.77. The molecule has 92 valence electrons. The molecule has 1 aliphatic carbocycles. The Morgan fingerprint density at radius 2 is 2.00 bits per heavy atom. The number of hydrogen-bond donors (Lipinski definition) is 1. The lowest BCUT2D eigenvalue weighted by molar-refractivity contribution is 0.159. The van der Waals surface area contributed by atoms with Crippen molar-refractivity contribution in [3.05, 3.63) is 21.7 Å². The molecule has 17 heavy (non-hydrogen) atoms. The van der Waals surface area contributed by atoms with Gasteiger partial charge in [-0.05, 0) is 37.8 Å². The van der Waals surface area contributed by atoms with Gasteiger partial charge in [-0.25, -0.2) is 0 Å². The largest absolute Gasteiger partial charge is 0.486 e. The second-order valence-corrected chi connectivity index (χ2v) is 5.75. The van der Waals surface area contributed by atoms with E-state index in [9.17, 15) is 0 Å². The molecule has 1 aliphatic heterocycles. The highest BCUT2D eigenvalue weighted by Crippen LogP contribution is 2.50. The van der Waals surface area contributed by atoms with Gasteiger partial charge in [0.1, 0.15) is 13.2 Å². The molecule has 0 amide bonds. The zero-order valence-corrected chi connectivity index (χ0v) is 11.5. The summed E-state index contributed by atoms with van der Waals surface area (Å²) in [7, 11) is 0. The van der Waals surface area contributed by atoms with Crippen LogP contribution >= 0.6 is 15.9 Å². The summed E-state index contributed by atoms with van der Waals surface area (Å²) in [6.07, 6.45) is 3.25. The van der Waals surface area contributed by atoms with E-state index in [1.54, 1.807) is 0 Å². The molecule has 0 radical (unpaired) electrons. The summed E-state index contributed by atoms with van der Waals surface area (Å²) in [6, 6.07) is 1.98. The number of rotatable bonds is 1. The topological polar surface area (TPSA) is 44.5 Å². The van der Waals surface area contributed by atoms with E-state index in [1.165, 1.54) is 12.0 Å². The van der Waals surface area contributed by atoms with Gasteiger partial charge in [0, 0.05) is 15.6 Å². The molecule has 3 nitrogen and oxygen atoms in total. The highest BCUT2D eigenvalue weighted by molar-refractivity contribution is 9.10. The molecule has 1 aromatic carbocycles. The van der Waals surface area contributed by atoms with Crippen LogP contribution in [0.25, 0.3) is 0 Å². The van der Waals surface area contributed by atoms with Crippen LogP contribution in [0.1, 0.15) is 30.4 Å². The van der Waals surface area contributed by atoms with E-state index in [0.717, 1.165) is 34.4 Å². The van der Waals surface area contributed by atoms with Crippen LogP contribution in [-0.2, 0) is 5.54 Å². The lowest BCUT2D eigenvalue weighted by atomic mass is 9.71. The third kappa shape index (κ3) is 1.66. The van der Waals surface area contributed by atoms with Gasteiger partial charge in [0.05, 0.1) is 0 Å². The Bertz CT molecular complexity index is 469. The van der Waals surface area contributed by atoms with Crippen molar-refractivity contribution < 1.29 is 9.47 Å². The molecule has 1 saturated carbocycles. The number of ether oxygens (including phenoxy) is 2. The standard InChI is InChI=1S/C13H16BrNO2/c1-8-9(14)7-10-12(17-6-5-16-10)11(8)13(15)3-2-4-13/h7H,2-6,15H2,1H3. The molecule has 1 fully saturated rings. The minimum absolute atomic E-state index is 0.224. The van der Waals surface area contributed by atoms with Gasteiger partial charge in [0.15, 0.2) is 11.5 Å². The predicted molar refractivity (Wildman–Crippen MR) is 69.6 cm³/mol. The lowest BCUT2D eigenvalue weighted by Crippen LogP contribution is -2.44. The quantitative estimate of drug-likeness (QED) is 0.867. The maximum atomic E-state index is 6.46. The van der Waals surface area contributed by atoms with Crippen LogP contribution in [0.4, 0.5) is 0 Å². The average molecular weight is 298 g/mol. The molecule has 2 aliphatic rings. The molecule has 1 heterocycles. The van der Waals surface area contributed by atoms with Gasteiger partial charge in [0.25, 0.3) is 0 Å². The van der Waals surface area contributed by atoms with E-state index in [2.05, 4.69) is 22.9 Å². The Balaban J connectivity index is 2.20. The number of nitrogens with two attached hydrogens (primary N) is 1. The van der Waals surface area contributed by atoms with Crippen molar-refractivity contribution in [2.45, 2.75) is 31.7 Å². The van der Waals surface area contributed by atoms with Gasteiger partial charge >= 0.3 is 0 Å². The molecule has 0 spiro atoms. The average Bonchev–Trinajstić information content (AvgIpc) is 2.28. The van der Waals surface area contributed by atoms with E-state index < -0.39 is 0 Å². The zero-order valence-electron chi connectivity index (χ0n) is 9.88. The number of fused-ring (bicyclic) bond motifs is 1. The summed E-state index contributed by atoms with van der Waals surface area (Å²) in [5.41, 5.74) is 8.55. The first-order valence-electron chi connectivity index (χ1n) is 6.00. The Morgan fingerprint density at radius 1 is 1.29 bits per heavy atom. The molecular weight excluding hydrogens is 282 g/mol. The fraction of sp³-hybridized carbons (Fsp3) is 0.538. The van der Waals surface area contributed by atoms with E-state index in [-0.39, 0.29) is 5.54 Å². The molecule has 0 saturated heterocycles. The monoisotopic (exact) mass is 297 g/mol. The Kier molecular flexibility index (Phi) is 2.60. The molecule has 0 unspecified atom stereocenters. The number of halogens is 1. The van der Waals surface area contributed by atoms with Crippen molar-refractivity contribution in [3.8, 4) is 11.5 Å². The smallest absolute Gasteiger partial charge is 0.166 e. The van der Waals surface area contributed by atoms with Crippen LogP contribution in [-0.4, -0.2) is 13.2 Å². The molecule has 0 aromatic heterocycles. The van der Waals surface area contributed by atoms with E-state index >= 15 is 0 Å². The molecule has 1 aromatic rings. The Labute approximate surface area is 109 Å². The van der Waals surface area contributed by atoms with Crippen molar-refractivity contribution in [3.63, 3.8) is 0 Å². The van der Waals surface area contributed by atoms with E-state index in [0.29, 0.717) is 13.2 Å². The SMILES string of the molecule is Cc1c(Br)cc2c(c1C1(N)CCC1)OCCO2. The first kappa shape index (κ1) is 11.4. The van der Waals surface area contributed by atoms with E-state index in [4.69, 9.17) is 15.2 Å². The summed E-state index contributed by atoms with van der Waals surface area (Å²) >= 11 is 3.58. The van der Waals surface area contributed by atoms with Gasteiger partial charge in [0.2, 0.25) is 0 Å². The molecular formula is C13H16BrNO2. The molecule has 3 rings (SSSR count). The highest BCUT2D eigenvalue weighted by atomic mass is 79.9. The maximum absolute atomic E-state index is 6.46. The van der Waals surface area contributed by atoms with Gasteiger partial charge in [-0.2, -0.15) is 0 Å². The van der Waals surface area contributed by atoms with Gasteiger partial charge in [-0.1, -0.05) is 15.9 Å². The summed E-state index contributed by atoms with van der Waals surface area (Å²) in [6.45, 7) is 3.31. The second-order valence-electron chi connectivity index (χ2n) is 4.89. The van der Waals surface area contributed by atoms with Crippen LogP contribution in [0, 0.1) is 6.92 Å². The predicted octanol–water partition coefficient (Wildman–Crippen LogP) is 2.87. The third-order valence-corrected chi connectivity index (χ3v) is 4.60. The first-order valence-corrected chi connectivity index (χ1v) is 6.79. The molecule has 4 heteroatoms. The first-order chi connectivity index (χ1) is 8.12. The van der Waals surface area contributed by atoms with Crippen LogP contribution in [0.15, 0.2) is 10.5 Å². The second kappa shape index (κ2) is 3.89. The number of hydrogen-bond acceptors (Lipinski definition) is 3. The van der Waals surface area contributed by atoms with Gasteiger partial charge in [-0.3, -0.25) is 0 Å². The lowest BCUT2D eigenvalue weighted by Gasteiger charge is -2.41. The van der Waals surface area contributed by atoms with Crippen molar-refractivity contribution in [1.82, 2.24) is 0 Å². The Morgan fingerprint density at radius 3 is 2.65 bits per heavy atom. The molecule has 2 N–H and O–H groups in total. The molecule has 0 bridgehead atoms. The van der Waals surface area contributed by atoms with Crippen molar-refractivity contribution in [1.29, 1.82) is 0 Å². The summed E-state index contributed by atoms with van der Waals surface area (Å²) < 4.78 is 12.5. The highest BCUT2D eigenvalue weighted by Gasteiger charge is 2.40.